The minimum Gasteiger partial charge on any atom is -0.476 e. The number of fused-ring (bicyclic) bond motifs is 1. The summed E-state index contributed by atoms with van der Waals surface area (Å²) in [5, 5.41) is 17.3. The lowest BCUT2D eigenvalue weighted by Gasteiger charge is -2.24. The molecule has 0 fully saturated rings. The Balaban J connectivity index is 1.71. The topological polar surface area (TPSA) is 119 Å². The Kier molecular flexibility index (Phi) is 6.06. The van der Waals surface area contributed by atoms with Gasteiger partial charge < -0.3 is 14.4 Å². The second kappa shape index (κ2) is 8.55. The van der Waals surface area contributed by atoms with Crippen LogP contribution >= 0.6 is 0 Å². The van der Waals surface area contributed by atoms with E-state index in [9.17, 15) is 10.1 Å². The van der Waals surface area contributed by atoms with Crippen molar-refractivity contribution >= 4 is 17.1 Å². The number of aryl methyl sites for hydroxylation is 2. The number of nitrogens with zero attached hydrogens (tertiary/aromatic N) is 7. The Morgan fingerprint density at radius 1 is 1.32 bits per heavy atom. The lowest BCUT2D eigenvalue weighted by Crippen LogP contribution is -2.36. The first-order chi connectivity index (χ1) is 14.6. The molecule has 0 radical (unpaired) electrons. The number of amides is 1. The minimum absolute atomic E-state index is 0.212. The molecule has 0 aromatic carbocycles. The summed E-state index contributed by atoms with van der Waals surface area (Å²) in [6.45, 7) is 7.96. The van der Waals surface area contributed by atoms with Gasteiger partial charge in [-0.3, -0.25) is 0 Å². The van der Waals surface area contributed by atoms with Gasteiger partial charge in [0.15, 0.2) is 5.69 Å². The highest BCUT2D eigenvalue weighted by molar-refractivity contribution is 5.83. The van der Waals surface area contributed by atoms with Crippen LogP contribution in [-0.2, 0) is 11.8 Å². The van der Waals surface area contributed by atoms with Crippen LogP contribution in [0.5, 0.6) is 5.88 Å². The number of hydrogen-bond acceptors (Lipinski definition) is 8. The van der Waals surface area contributed by atoms with Gasteiger partial charge in [0, 0.05) is 31.4 Å². The summed E-state index contributed by atoms with van der Waals surface area (Å²) in [7, 11) is 3.41. The first kappa shape index (κ1) is 22.0. The van der Waals surface area contributed by atoms with Crippen LogP contribution in [0.25, 0.3) is 22.3 Å². The third kappa shape index (κ3) is 5.06. The van der Waals surface area contributed by atoms with E-state index < -0.39 is 11.7 Å². The Morgan fingerprint density at radius 3 is 2.71 bits per heavy atom. The van der Waals surface area contributed by atoms with E-state index in [-0.39, 0.29) is 12.3 Å². The molecule has 0 N–H and O–H groups in total. The van der Waals surface area contributed by atoms with E-state index in [2.05, 4.69) is 26.3 Å². The molecule has 0 aliphatic rings. The fourth-order valence-electron chi connectivity index (χ4n) is 2.82. The molecular formula is C21H25N7O3. The molecule has 1 amide bonds. The zero-order chi connectivity index (χ0) is 22.8. The quantitative estimate of drug-likeness (QED) is 0.614. The maximum absolute atomic E-state index is 12.0. The molecule has 0 spiro atoms. The van der Waals surface area contributed by atoms with Gasteiger partial charge >= 0.3 is 6.09 Å². The van der Waals surface area contributed by atoms with Crippen molar-refractivity contribution in [3.63, 3.8) is 0 Å². The third-order valence-electron chi connectivity index (χ3n) is 4.40. The van der Waals surface area contributed by atoms with Crippen molar-refractivity contribution in [2.75, 3.05) is 20.2 Å². The Bertz CT molecular complexity index is 1160. The van der Waals surface area contributed by atoms with Gasteiger partial charge in [0.2, 0.25) is 5.88 Å². The molecule has 162 valence electrons. The molecule has 10 nitrogen and oxygen atoms in total. The summed E-state index contributed by atoms with van der Waals surface area (Å²) in [6, 6.07) is 5.78. The van der Waals surface area contributed by atoms with Crippen LogP contribution < -0.4 is 4.74 Å². The third-order valence-corrected chi connectivity index (χ3v) is 4.40. The number of carbonyl (C=O) groups is 1. The van der Waals surface area contributed by atoms with Crippen LogP contribution in [0.2, 0.25) is 0 Å². The maximum Gasteiger partial charge on any atom is 0.410 e. The lowest BCUT2D eigenvalue weighted by atomic mass is 10.1. The van der Waals surface area contributed by atoms with Crippen molar-refractivity contribution in [2.24, 2.45) is 7.05 Å². The normalized spacial score (nSPS) is 11.3. The van der Waals surface area contributed by atoms with Gasteiger partial charge in [0.05, 0.1) is 17.8 Å². The molecule has 3 heterocycles. The summed E-state index contributed by atoms with van der Waals surface area (Å²) in [4.78, 5) is 22.2. The Morgan fingerprint density at radius 2 is 2.06 bits per heavy atom. The van der Waals surface area contributed by atoms with Gasteiger partial charge in [-0.25, -0.2) is 19.4 Å². The van der Waals surface area contributed by atoms with Gasteiger partial charge in [-0.05, 0) is 39.8 Å². The van der Waals surface area contributed by atoms with Gasteiger partial charge in [-0.15, -0.1) is 5.10 Å². The fraction of sp³-hybridized carbons (Fsp3) is 0.429. The number of pyridine rings is 2. The number of aromatic nitrogens is 5. The number of likely N-dealkylation sites (N-methyl/N-ethyl adjacent to an activating group) is 1. The zero-order valence-electron chi connectivity index (χ0n) is 18.5. The first-order valence-electron chi connectivity index (χ1n) is 9.73. The van der Waals surface area contributed by atoms with Gasteiger partial charge in [0.25, 0.3) is 0 Å². The van der Waals surface area contributed by atoms with Crippen LogP contribution in [0, 0.1) is 18.3 Å². The number of ether oxygens (including phenoxy) is 2. The zero-order valence-corrected chi connectivity index (χ0v) is 18.5. The molecule has 0 aliphatic heterocycles. The van der Waals surface area contributed by atoms with E-state index >= 15 is 0 Å². The predicted molar refractivity (Wildman–Crippen MR) is 113 cm³/mol. The summed E-state index contributed by atoms with van der Waals surface area (Å²) < 4.78 is 12.7. The summed E-state index contributed by atoms with van der Waals surface area (Å²) in [6.07, 6.45) is 1.23. The van der Waals surface area contributed by atoms with E-state index in [4.69, 9.17) is 9.47 Å². The molecule has 0 unspecified atom stereocenters. The van der Waals surface area contributed by atoms with Gasteiger partial charge in [-0.2, -0.15) is 5.26 Å². The SMILES string of the molecule is Cc1cc(-c2cc3c(nnn3C)c(C#N)n2)cnc1OCCN(C)C(=O)OC(C)(C)C. The highest BCUT2D eigenvalue weighted by Gasteiger charge is 2.19. The highest BCUT2D eigenvalue weighted by atomic mass is 16.6. The number of hydrogen-bond donors (Lipinski definition) is 0. The van der Waals surface area contributed by atoms with Crippen LogP contribution in [-0.4, -0.2) is 61.8 Å². The van der Waals surface area contributed by atoms with Crippen LogP contribution in [0.4, 0.5) is 4.79 Å². The minimum atomic E-state index is -0.547. The molecule has 0 bridgehead atoms. The largest absolute Gasteiger partial charge is 0.476 e. The molecule has 0 atom stereocenters. The average Bonchev–Trinajstić information content (AvgIpc) is 3.08. The maximum atomic E-state index is 12.0. The molecule has 3 aromatic heterocycles. The molecule has 10 heteroatoms. The van der Waals surface area contributed by atoms with Crippen molar-refractivity contribution in [1.82, 2.24) is 29.9 Å². The van der Waals surface area contributed by atoms with Crippen LogP contribution in [0.1, 0.15) is 32.0 Å². The molecular weight excluding hydrogens is 398 g/mol. The van der Waals surface area contributed by atoms with Gasteiger partial charge in [-0.1, -0.05) is 5.21 Å². The van der Waals surface area contributed by atoms with Gasteiger partial charge in [0.1, 0.15) is 23.8 Å². The monoisotopic (exact) mass is 423 g/mol. The predicted octanol–water partition coefficient (Wildman–Crippen LogP) is 2.85. The van der Waals surface area contributed by atoms with Crippen molar-refractivity contribution in [1.29, 1.82) is 5.26 Å². The molecule has 0 aliphatic carbocycles. The van der Waals surface area contributed by atoms with E-state index in [0.717, 1.165) is 11.1 Å². The fourth-order valence-corrected chi connectivity index (χ4v) is 2.82. The van der Waals surface area contributed by atoms with Crippen molar-refractivity contribution < 1.29 is 14.3 Å². The smallest absolute Gasteiger partial charge is 0.410 e. The summed E-state index contributed by atoms with van der Waals surface area (Å²) in [5.41, 5.74) is 2.99. The molecule has 3 rings (SSSR count). The van der Waals surface area contributed by atoms with Crippen molar-refractivity contribution in [3.05, 3.63) is 29.6 Å². The van der Waals surface area contributed by atoms with Crippen molar-refractivity contribution in [2.45, 2.75) is 33.3 Å². The van der Waals surface area contributed by atoms with E-state index in [0.29, 0.717) is 29.2 Å². The number of nitriles is 1. The number of carbonyl (C=O) groups excluding carboxylic acids is 1. The molecule has 0 saturated heterocycles. The second-order valence-corrected chi connectivity index (χ2v) is 8.15. The highest BCUT2D eigenvalue weighted by Crippen LogP contribution is 2.26. The van der Waals surface area contributed by atoms with E-state index in [1.165, 1.54) is 4.90 Å². The lowest BCUT2D eigenvalue weighted by molar-refractivity contribution is 0.0277. The molecule has 3 aromatic rings. The standard InChI is InChI=1S/C21H25N7O3/c1-13-9-14(15-10-17-18(16(11-22)24-15)25-26-28(17)6)12-23-19(13)30-8-7-27(5)20(29)31-21(2,3)4/h9-10,12H,7-8H2,1-6H3. The first-order valence-corrected chi connectivity index (χ1v) is 9.73. The van der Waals surface area contributed by atoms with Crippen molar-refractivity contribution in [3.8, 4) is 23.2 Å². The Hall–Kier alpha value is -3.74. The summed E-state index contributed by atoms with van der Waals surface area (Å²) >= 11 is 0. The molecule has 31 heavy (non-hydrogen) atoms. The molecule has 0 saturated carbocycles. The average molecular weight is 423 g/mol. The number of rotatable bonds is 5. The van der Waals surface area contributed by atoms with E-state index in [1.54, 1.807) is 25.0 Å². The summed E-state index contributed by atoms with van der Waals surface area (Å²) in [5.74, 6) is 0.463. The second-order valence-electron chi connectivity index (χ2n) is 8.15. The Labute approximate surface area is 180 Å². The van der Waals surface area contributed by atoms with Crippen LogP contribution in [0.15, 0.2) is 18.3 Å². The van der Waals surface area contributed by atoms with E-state index in [1.807, 2.05) is 39.8 Å². The van der Waals surface area contributed by atoms with Crippen LogP contribution in [0.3, 0.4) is 0 Å².